The van der Waals surface area contributed by atoms with E-state index in [0.29, 0.717) is 19.1 Å². The second-order valence-corrected chi connectivity index (χ2v) is 7.54. The summed E-state index contributed by atoms with van der Waals surface area (Å²) in [4.78, 5) is 10.8. The number of carbonyl (C=O) groups is 1. The number of esters is 1. The third kappa shape index (κ3) is 3.53. The van der Waals surface area contributed by atoms with Gasteiger partial charge in [0.05, 0.1) is 13.2 Å². The molecular weight excluding hydrogens is 398 g/mol. The van der Waals surface area contributed by atoms with E-state index in [2.05, 4.69) is 15.9 Å². The second kappa shape index (κ2) is 6.15. The van der Waals surface area contributed by atoms with Crippen LogP contribution in [0.2, 0.25) is 0 Å². The van der Waals surface area contributed by atoms with Crippen LogP contribution in [-0.2, 0) is 18.5 Å². The number of halogens is 4. The van der Waals surface area contributed by atoms with E-state index in [1.807, 2.05) is 0 Å². The summed E-state index contributed by atoms with van der Waals surface area (Å²) in [5.41, 5.74) is -1.11. The zero-order valence-corrected chi connectivity index (χ0v) is 13.4. The average Bonchev–Trinajstić information content (AvgIpc) is 2.78. The Morgan fingerprint density at radius 1 is 1.48 bits per heavy atom. The molecule has 0 aliphatic carbocycles. The molecule has 1 aliphatic heterocycles. The molecular formula is C11H8BrClF2O5S. The van der Waals surface area contributed by atoms with E-state index in [-0.39, 0.29) is 6.61 Å². The molecule has 116 valence electrons. The first kappa shape index (κ1) is 16.6. The van der Waals surface area contributed by atoms with Gasteiger partial charge in [0.1, 0.15) is 22.4 Å². The van der Waals surface area contributed by atoms with Crippen LogP contribution >= 0.6 is 26.6 Å². The summed E-state index contributed by atoms with van der Waals surface area (Å²) in [7, 11) is 0.563. The molecule has 0 N–H and O–H groups in total. The molecule has 1 heterocycles. The van der Waals surface area contributed by atoms with Crippen molar-refractivity contribution in [2.24, 2.45) is 0 Å². The standard InChI is InChI=1S/C11H8BrClF2O5S/c12-6-3-7(14)8(9(15)10(6)21(13,17)18)11(16)20-5-1-2-19-4-5/h3,5H,1-2,4H2. The molecule has 0 radical (unpaired) electrons. The highest BCUT2D eigenvalue weighted by atomic mass is 79.9. The van der Waals surface area contributed by atoms with Crippen molar-refractivity contribution < 1.29 is 31.5 Å². The molecule has 0 amide bonds. The lowest BCUT2D eigenvalue weighted by Gasteiger charge is -2.13. The molecule has 0 saturated carbocycles. The molecule has 10 heteroatoms. The van der Waals surface area contributed by atoms with Gasteiger partial charge in [0.2, 0.25) is 0 Å². The minimum absolute atomic E-state index is 0.117. The number of rotatable bonds is 3. The lowest BCUT2D eigenvalue weighted by atomic mass is 10.2. The number of hydrogen-bond donors (Lipinski definition) is 0. The zero-order valence-electron chi connectivity index (χ0n) is 10.2. The summed E-state index contributed by atoms with van der Waals surface area (Å²) < 4.78 is 59.9. The SMILES string of the molecule is O=C(OC1CCOC1)c1c(F)cc(Br)c(S(=O)(=O)Cl)c1F. The molecule has 1 fully saturated rings. The third-order valence-corrected chi connectivity index (χ3v) is 4.98. The molecule has 0 spiro atoms. The van der Waals surface area contributed by atoms with Crippen molar-refractivity contribution in [1.29, 1.82) is 0 Å². The molecule has 21 heavy (non-hydrogen) atoms. The lowest BCUT2D eigenvalue weighted by Crippen LogP contribution is -2.21. The Balaban J connectivity index is 2.45. The minimum Gasteiger partial charge on any atom is -0.456 e. The van der Waals surface area contributed by atoms with Crippen molar-refractivity contribution >= 4 is 41.6 Å². The number of carbonyl (C=O) groups excluding carboxylic acids is 1. The van der Waals surface area contributed by atoms with Gasteiger partial charge in [-0.3, -0.25) is 0 Å². The predicted molar refractivity (Wildman–Crippen MR) is 71.7 cm³/mol. The van der Waals surface area contributed by atoms with Crippen LogP contribution < -0.4 is 0 Å². The van der Waals surface area contributed by atoms with E-state index >= 15 is 0 Å². The molecule has 5 nitrogen and oxygen atoms in total. The summed E-state index contributed by atoms with van der Waals surface area (Å²) in [6.07, 6.45) is -0.234. The molecule has 1 atom stereocenters. The van der Waals surface area contributed by atoms with E-state index in [1.165, 1.54) is 0 Å². The lowest BCUT2D eigenvalue weighted by molar-refractivity contribution is 0.0259. The molecule has 1 saturated heterocycles. The minimum atomic E-state index is -4.51. The van der Waals surface area contributed by atoms with Gasteiger partial charge in [-0.1, -0.05) is 0 Å². The number of benzene rings is 1. The first-order chi connectivity index (χ1) is 9.71. The fourth-order valence-electron chi connectivity index (χ4n) is 1.80. The van der Waals surface area contributed by atoms with Crippen LogP contribution in [0.3, 0.4) is 0 Å². The van der Waals surface area contributed by atoms with Crippen LogP contribution in [-0.4, -0.2) is 33.7 Å². The van der Waals surface area contributed by atoms with E-state index < -0.39 is 47.7 Å². The molecule has 1 aliphatic rings. The summed E-state index contributed by atoms with van der Waals surface area (Å²) in [6, 6.07) is 0.639. The summed E-state index contributed by atoms with van der Waals surface area (Å²) in [5, 5.41) is 0. The third-order valence-electron chi connectivity index (χ3n) is 2.74. The van der Waals surface area contributed by atoms with Crippen LogP contribution in [0, 0.1) is 11.6 Å². The van der Waals surface area contributed by atoms with Crippen molar-refractivity contribution in [1.82, 2.24) is 0 Å². The van der Waals surface area contributed by atoms with Gasteiger partial charge in [-0.25, -0.2) is 22.0 Å². The van der Waals surface area contributed by atoms with Crippen molar-refractivity contribution in [3.05, 3.63) is 27.7 Å². The van der Waals surface area contributed by atoms with Crippen molar-refractivity contribution in [2.75, 3.05) is 13.2 Å². The summed E-state index contributed by atoms with van der Waals surface area (Å²) >= 11 is 2.69. The Morgan fingerprint density at radius 3 is 2.67 bits per heavy atom. The molecule has 0 aromatic heterocycles. The zero-order chi connectivity index (χ0) is 15.8. The maximum atomic E-state index is 14.1. The van der Waals surface area contributed by atoms with E-state index in [1.54, 1.807) is 0 Å². The highest BCUT2D eigenvalue weighted by Gasteiger charge is 2.31. The molecule has 1 unspecified atom stereocenters. The Labute approximate surface area is 131 Å². The van der Waals surface area contributed by atoms with Gasteiger partial charge in [0.25, 0.3) is 9.05 Å². The van der Waals surface area contributed by atoms with Crippen LogP contribution in [0.25, 0.3) is 0 Å². The number of ether oxygens (including phenoxy) is 2. The Kier molecular flexibility index (Phi) is 4.86. The van der Waals surface area contributed by atoms with Crippen molar-refractivity contribution in [3.8, 4) is 0 Å². The van der Waals surface area contributed by atoms with Crippen LogP contribution in [0.1, 0.15) is 16.8 Å². The normalized spacial score (nSPS) is 18.8. The molecule has 1 aromatic rings. The fourth-order valence-corrected chi connectivity index (χ4v) is 4.15. The highest BCUT2D eigenvalue weighted by molar-refractivity contribution is 9.10. The van der Waals surface area contributed by atoms with Crippen LogP contribution in [0.15, 0.2) is 15.4 Å². The first-order valence-electron chi connectivity index (χ1n) is 5.62. The molecule has 1 aromatic carbocycles. The fraction of sp³-hybridized carbons (Fsp3) is 0.364. The van der Waals surface area contributed by atoms with Gasteiger partial charge in [-0.2, -0.15) is 0 Å². The maximum absolute atomic E-state index is 14.1. The van der Waals surface area contributed by atoms with Crippen molar-refractivity contribution in [2.45, 2.75) is 17.4 Å². The summed E-state index contributed by atoms with van der Waals surface area (Å²) in [5.74, 6) is -4.16. The van der Waals surface area contributed by atoms with Gasteiger partial charge < -0.3 is 9.47 Å². The van der Waals surface area contributed by atoms with Gasteiger partial charge in [0.15, 0.2) is 5.82 Å². The van der Waals surface area contributed by atoms with Crippen LogP contribution in [0.5, 0.6) is 0 Å². The van der Waals surface area contributed by atoms with E-state index in [9.17, 15) is 22.0 Å². The van der Waals surface area contributed by atoms with E-state index in [0.717, 1.165) is 0 Å². The smallest absolute Gasteiger partial charge is 0.344 e. The van der Waals surface area contributed by atoms with Gasteiger partial charge >= 0.3 is 5.97 Å². The Morgan fingerprint density at radius 2 is 2.14 bits per heavy atom. The van der Waals surface area contributed by atoms with Gasteiger partial charge in [-0.15, -0.1) is 0 Å². The molecule has 0 bridgehead atoms. The quantitative estimate of drug-likeness (QED) is 0.571. The Bertz CT molecular complexity index is 688. The number of hydrogen-bond acceptors (Lipinski definition) is 5. The van der Waals surface area contributed by atoms with E-state index in [4.69, 9.17) is 20.2 Å². The summed E-state index contributed by atoms with van der Waals surface area (Å²) in [6.45, 7) is 0.483. The van der Waals surface area contributed by atoms with Crippen LogP contribution in [0.4, 0.5) is 8.78 Å². The first-order valence-corrected chi connectivity index (χ1v) is 8.73. The highest BCUT2D eigenvalue weighted by Crippen LogP contribution is 2.32. The topological polar surface area (TPSA) is 69.7 Å². The monoisotopic (exact) mass is 404 g/mol. The second-order valence-electron chi connectivity index (χ2n) is 4.19. The van der Waals surface area contributed by atoms with Gasteiger partial charge in [-0.05, 0) is 22.0 Å². The van der Waals surface area contributed by atoms with Crippen molar-refractivity contribution in [3.63, 3.8) is 0 Å². The predicted octanol–water partition coefficient (Wildman–Crippen LogP) is 2.60. The Hall–Kier alpha value is -0.770. The van der Waals surface area contributed by atoms with Gasteiger partial charge in [0, 0.05) is 21.6 Å². The maximum Gasteiger partial charge on any atom is 0.344 e. The largest absolute Gasteiger partial charge is 0.456 e. The molecule has 2 rings (SSSR count). The average molecular weight is 406 g/mol.